The lowest BCUT2D eigenvalue weighted by molar-refractivity contribution is -0.127. The zero-order chi connectivity index (χ0) is 17.6. The average Bonchev–Trinajstić information content (AvgIpc) is 3.00. The molecule has 1 aromatic rings. The molecule has 1 N–H and O–H groups in total. The van der Waals surface area contributed by atoms with E-state index in [2.05, 4.69) is 16.3 Å². The molecule has 0 aliphatic carbocycles. The minimum Gasteiger partial charge on any atom is -0.379 e. The first-order valence-corrected chi connectivity index (χ1v) is 9.09. The van der Waals surface area contributed by atoms with Crippen LogP contribution in [0.1, 0.15) is 35.7 Å². The maximum atomic E-state index is 12.5. The molecule has 2 fully saturated rings. The lowest BCUT2D eigenvalue weighted by Gasteiger charge is -2.26. The van der Waals surface area contributed by atoms with E-state index in [-0.39, 0.29) is 17.9 Å². The molecule has 1 unspecified atom stereocenters. The van der Waals surface area contributed by atoms with E-state index in [1.165, 1.54) is 0 Å². The van der Waals surface area contributed by atoms with E-state index in [0.29, 0.717) is 18.5 Å². The van der Waals surface area contributed by atoms with Crippen LogP contribution in [-0.4, -0.2) is 67.0 Å². The van der Waals surface area contributed by atoms with Gasteiger partial charge in [0.2, 0.25) is 5.91 Å². The second kappa shape index (κ2) is 8.45. The number of benzene rings is 1. The SMILES string of the molecule is CC(CN1CCCC1=O)NC(=O)c1cccc(CN2CCOCC2)c1. The predicted molar refractivity (Wildman–Crippen MR) is 95.3 cm³/mol. The Hall–Kier alpha value is -1.92. The van der Waals surface area contributed by atoms with Gasteiger partial charge in [-0.15, -0.1) is 0 Å². The van der Waals surface area contributed by atoms with Gasteiger partial charge in [-0.2, -0.15) is 0 Å². The Morgan fingerprint density at radius 1 is 1.28 bits per heavy atom. The van der Waals surface area contributed by atoms with Crippen LogP contribution in [0.2, 0.25) is 0 Å². The fourth-order valence-electron chi connectivity index (χ4n) is 3.41. The number of ether oxygens (including phenoxy) is 1. The fourth-order valence-corrected chi connectivity index (χ4v) is 3.41. The summed E-state index contributed by atoms with van der Waals surface area (Å²) in [6.45, 7) is 7.56. The monoisotopic (exact) mass is 345 g/mol. The second-order valence-corrected chi connectivity index (χ2v) is 6.91. The van der Waals surface area contributed by atoms with E-state index in [4.69, 9.17) is 4.74 Å². The number of likely N-dealkylation sites (tertiary alicyclic amines) is 1. The summed E-state index contributed by atoms with van der Waals surface area (Å²) in [5.41, 5.74) is 1.81. The molecule has 0 spiro atoms. The minimum absolute atomic E-state index is 0.0579. The van der Waals surface area contributed by atoms with Gasteiger partial charge < -0.3 is 15.0 Å². The zero-order valence-electron chi connectivity index (χ0n) is 14.9. The highest BCUT2D eigenvalue weighted by molar-refractivity contribution is 5.94. The standard InChI is InChI=1S/C19H27N3O3/c1-15(13-22-7-3-6-18(22)23)20-19(24)17-5-2-4-16(12-17)14-21-8-10-25-11-9-21/h2,4-5,12,15H,3,6-11,13-14H2,1H3,(H,20,24). The molecule has 6 nitrogen and oxygen atoms in total. The molecule has 2 aliphatic heterocycles. The molecule has 1 atom stereocenters. The van der Waals surface area contributed by atoms with E-state index in [9.17, 15) is 9.59 Å². The molecule has 2 amide bonds. The molecule has 2 aliphatic rings. The lowest BCUT2D eigenvalue weighted by Crippen LogP contribution is -2.42. The number of amides is 2. The smallest absolute Gasteiger partial charge is 0.251 e. The average molecular weight is 345 g/mol. The number of hydrogen-bond donors (Lipinski definition) is 1. The molecule has 25 heavy (non-hydrogen) atoms. The summed E-state index contributed by atoms with van der Waals surface area (Å²) in [5.74, 6) is 0.108. The van der Waals surface area contributed by atoms with Crippen LogP contribution >= 0.6 is 0 Å². The van der Waals surface area contributed by atoms with Crippen molar-refractivity contribution < 1.29 is 14.3 Å². The zero-order valence-corrected chi connectivity index (χ0v) is 14.9. The normalized spacial score (nSPS) is 19.9. The van der Waals surface area contributed by atoms with Gasteiger partial charge in [0.15, 0.2) is 0 Å². The van der Waals surface area contributed by atoms with Gasteiger partial charge in [-0.1, -0.05) is 12.1 Å². The number of nitrogens with one attached hydrogen (secondary N) is 1. The highest BCUT2D eigenvalue weighted by Crippen LogP contribution is 2.12. The first-order chi connectivity index (χ1) is 12.1. The maximum absolute atomic E-state index is 12.5. The molecule has 0 bridgehead atoms. The van der Waals surface area contributed by atoms with Crippen LogP contribution in [0.15, 0.2) is 24.3 Å². The third-order valence-corrected chi connectivity index (χ3v) is 4.74. The Morgan fingerprint density at radius 2 is 2.08 bits per heavy atom. The Balaban J connectivity index is 1.54. The Kier molecular flexibility index (Phi) is 6.04. The summed E-state index contributed by atoms with van der Waals surface area (Å²) in [6.07, 6.45) is 1.55. The Morgan fingerprint density at radius 3 is 2.80 bits per heavy atom. The van der Waals surface area contributed by atoms with Gasteiger partial charge in [0.25, 0.3) is 5.91 Å². The quantitative estimate of drug-likeness (QED) is 0.843. The van der Waals surface area contributed by atoms with Gasteiger partial charge in [0.1, 0.15) is 0 Å². The maximum Gasteiger partial charge on any atom is 0.251 e. The molecular formula is C19H27N3O3. The predicted octanol–water partition coefficient (Wildman–Crippen LogP) is 1.26. The molecule has 3 rings (SSSR count). The Labute approximate surface area is 149 Å². The molecule has 0 aromatic heterocycles. The van der Waals surface area contributed by atoms with E-state index < -0.39 is 0 Å². The summed E-state index contributed by atoms with van der Waals surface area (Å²) in [7, 11) is 0. The third kappa shape index (κ3) is 5.03. The first kappa shape index (κ1) is 17.9. The molecule has 2 saturated heterocycles. The number of carbonyl (C=O) groups excluding carboxylic acids is 2. The van der Waals surface area contributed by atoms with Crippen LogP contribution in [-0.2, 0) is 16.1 Å². The first-order valence-electron chi connectivity index (χ1n) is 9.09. The number of morpholine rings is 1. The van der Waals surface area contributed by atoms with Crippen LogP contribution in [0.5, 0.6) is 0 Å². The van der Waals surface area contributed by atoms with Crippen molar-refractivity contribution in [2.24, 2.45) is 0 Å². The van der Waals surface area contributed by atoms with Crippen molar-refractivity contribution in [3.63, 3.8) is 0 Å². The van der Waals surface area contributed by atoms with Crippen LogP contribution < -0.4 is 5.32 Å². The van der Waals surface area contributed by atoms with Gasteiger partial charge in [0.05, 0.1) is 13.2 Å². The Bertz CT molecular complexity index is 614. The number of carbonyl (C=O) groups is 2. The topological polar surface area (TPSA) is 61.9 Å². The summed E-state index contributed by atoms with van der Waals surface area (Å²) in [4.78, 5) is 28.4. The third-order valence-electron chi connectivity index (χ3n) is 4.74. The van der Waals surface area contributed by atoms with E-state index in [1.807, 2.05) is 30.0 Å². The number of nitrogens with zero attached hydrogens (tertiary/aromatic N) is 2. The molecule has 6 heteroatoms. The second-order valence-electron chi connectivity index (χ2n) is 6.91. The largest absolute Gasteiger partial charge is 0.379 e. The summed E-state index contributed by atoms with van der Waals surface area (Å²) < 4.78 is 5.37. The van der Waals surface area contributed by atoms with Crippen LogP contribution in [0.3, 0.4) is 0 Å². The molecular weight excluding hydrogens is 318 g/mol. The van der Waals surface area contributed by atoms with Crippen molar-refractivity contribution in [2.45, 2.75) is 32.4 Å². The van der Waals surface area contributed by atoms with E-state index >= 15 is 0 Å². The van der Waals surface area contributed by atoms with Gasteiger partial charge in [0, 0.05) is 50.7 Å². The molecule has 2 heterocycles. The van der Waals surface area contributed by atoms with Gasteiger partial charge in [-0.3, -0.25) is 14.5 Å². The van der Waals surface area contributed by atoms with Crippen molar-refractivity contribution >= 4 is 11.8 Å². The number of hydrogen-bond acceptors (Lipinski definition) is 4. The van der Waals surface area contributed by atoms with E-state index in [1.54, 1.807) is 0 Å². The van der Waals surface area contributed by atoms with Crippen LogP contribution in [0.4, 0.5) is 0 Å². The molecule has 0 saturated carbocycles. The van der Waals surface area contributed by atoms with Crippen molar-refractivity contribution in [1.82, 2.24) is 15.1 Å². The number of rotatable bonds is 6. The van der Waals surface area contributed by atoms with Gasteiger partial charge >= 0.3 is 0 Å². The highest BCUT2D eigenvalue weighted by atomic mass is 16.5. The lowest BCUT2D eigenvalue weighted by atomic mass is 10.1. The molecule has 136 valence electrons. The summed E-state index contributed by atoms with van der Waals surface area (Å²) >= 11 is 0. The minimum atomic E-state index is -0.0806. The van der Waals surface area contributed by atoms with Crippen molar-refractivity contribution in [3.05, 3.63) is 35.4 Å². The summed E-state index contributed by atoms with van der Waals surface area (Å²) in [6, 6.07) is 7.72. The van der Waals surface area contributed by atoms with Gasteiger partial charge in [-0.25, -0.2) is 0 Å². The fraction of sp³-hybridized carbons (Fsp3) is 0.579. The molecule has 0 radical (unpaired) electrons. The van der Waals surface area contributed by atoms with Crippen LogP contribution in [0, 0.1) is 0 Å². The summed E-state index contributed by atoms with van der Waals surface area (Å²) in [5, 5.41) is 3.01. The van der Waals surface area contributed by atoms with E-state index in [0.717, 1.165) is 51.4 Å². The van der Waals surface area contributed by atoms with Crippen molar-refractivity contribution in [3.8, 4) is 0 Å². The van der Waals surface area contributed by atoms with Crippen molar-refractivity contribution in [1.29, 1.82) is 0 Å². The van der Waals surface area contributed by atoms with Crippen LogP contribution in [0.25, 0.3) is 0 Å². The van der Waals surface area contributed by atoms with Gasteiger partial charge in [-0.05, 0) is 31.0 Å². The van der Waals surface area contributed by atoms with Crippen molar-refractivity contribution in [2.75, 3.05) is 39.4 Å². The highest BCUT2D eigenvalue weighted by Gasteiger charge is 2.22. The molecule has 1 aromatic carbocycles.